The number of halogens is 1. The molecule has 114 valence electrons. The third kappa shape index (κ3) is 3.02. The molecule has 1 atom stereocenters. The lowest BCUT2D eigenvalue weighted by atomic mass is 9.90. The van der Waals surface area contributed by atoms with Gasteiger partial charge in [0.25, 0.3) is 0 Å². The SMILES string of the molecule is Nc1ccc(C(=O)OC2CCOC3(CCCC3)C2)cc1F. The van der Waals surface area contributed by atoms with Gasteiger partial charge < -0.3 is 15.2 Å². The number of esters is 1. The summed E-state index contributed by atoms with van der Waals surface area (Å²) >= 11 is 0. The number of carbonyl (C=O) groups is 1. The minimum absolute atomic E-state index is 0.0301. The molecule has 5 heteroatoms. The van der Waals surface area contributed by atoms with Gasteiger partial charge in [-0.3, -0.25) is 0 Å². The molecule has 3 rings (SSSR count). The smallest absolute Gasteiger partial charge is 0.338 e. The lowest BCUT2D eigenvalue weighted by molar-refractivity contribution is -0.117. The van der Waals surface area contributed by atoms with Gasteiger partial charge in [0.1, 0.15) is 11.9 Å². The van der Waals surface area contributed by atoms with Crippen LogP contribution in [-0.2, 0) is 9.47 Å². The van der Waals surface area contributed by atoms with Gasteiger partial charge in [0, 0.05) is 12.8 Å². The lowest BCUT2D eigenvalue weighted by Crippen LogP contribution is -2.41. The molecule has 1 unspecified atom stereocenters. The second-order valence-electron chi connectivity index (χ2n) is 5.99. The molecule has 1 aromatic rings. The van der Waals surface area contributed by atoms with Crippen LogP contribution in [0.3, 0.4) is 0 Å². The quantitative estimate of drug-likeness (QED) is 0.672. The Balaban J connectivity index is 1.65. The Morgan fingerprint density at radius 1 is 1.38 bits per heavy atom. The van der Waals surface area contributed by atoms with E-state index in [-0.39, 0.29) is 23.0 Å². The maximum atomic E-state index is 13.4. The van der Waals surface area contributed by atoms with Crippen LogP contribution in [0.1, 0.15) is 48.9 Å². The lowest BCUT2D eigenvalue weighted by Gasteiger charge is -2.37. The van der Waals surface area contributed by atoms with E-state index in [2.05, 4.69) is 0 Å². The number of hydrogen-bond donors (Lipinski definition) is 1. The van der Waals surface area contributed by atoms with Crippen molar-refractivity contribution in [1.29, 1.82) is 0 Å². The van der Waals surface area contributed by atoms with Crippen molar-refractivity contribution >= 4 is 11.7 Å². The number of carbonyl (C=O) groups excluding carboxylic acids is 1. The molecule has 0 aromatic heterocycles. The fourth-order valence-corrected chi connectivity index (χ4v) is 3.32. The molecule has 2 N–H and O–H groups in total. The summed E-state index contributed by atoms with van der Waals surface area (Å²) in [7, 11) is 0. The Labute approximate surface area is 123 Å². The van der Waals surface area contributed by atoms with Crippen LogP contribution in [0, 0.1) is 5.82 Å². The predicted molar refractivity (Wildman–Crippen MR) is 76.4 cm³/mol. The highest BCUT2D eigenvalue weighted by Crippen LogP contribution is 2.40. The first kappa shape index (κ1) is 14.3. The predicted octanol–water partition coefficient (Wildman–Crippen LogP) is 3.06. The largest absolute Gasteiger partial charge is 0.459 e. The van der Waals surface area contributed by atoms with Crippen LogP contribution in [0.5, 0.6) is 0 Å². The topological polar surface area (TPSA) is 61.6 Å². The molecule has 1 saturated carbocycles. The van der Waals surface area contributed by atoms with Gasteiger partial charge in [-0.2, -0.15) is 0 Å². The van der Waals surface area contributed by atoms with Crippen molar-refractivity contribution in [2.75, 3.05) is 12.3 Å². The van der Waals surface area contributed by atoms with Crippen molar-refractivity contribution in [2.45, 2.75) is 50.2 Å². The Bertz CT molecular complexity index is 540. The number of ether oxygens (including phenoxy) is 2. The molecule has 0 radical (unpaired) electrons. The Kier molecular flexibility index (Phi) is 3.85. The van der Waals surface area contributed by atoms with E-state index in [9.17, 15) is 9.18 Å². The normalized spacial score (nSPS) is 24.1. The molecule has 0 amide bonds. The van der Waals surface area contributed by atoms with Crippen molar-refractivity contribution in [3.05, 3.63) is 29.6 Å². The summed E-state index contributed by atoms with van der Waals surface area (Å²) in [6.07, 6.45) is 5.72. The number of rotatable bonds is 2. The first-order valence-electron chi connectivity index (χ1n) is 7.48. The highest BCUT2D eigenvalue weighted by atomic mass is 19.1. The molecule has 1 aliphatic carbocycles. The first-order valence-corrected chi connectivity index (χ1v) is 7.48. The van der Waals surface area contributed by atoms with E-state index in [0.29, 0.717) is 13.0 Å². The van der Waals surface area contributed by atoms with Gasteiger partial charge >= 0.3 is 5.97 Å². The van der Waals surface area contributed by atoms with Crippen LogP contribution in [0.4, 0.5) is 10.1 Å². The van der Waals surface area contributed by atoms with Gasteiger partial charge in [0.15, 0.2) is 0 Å². The summed E-state index contributed by atoms with van der Waals surface area (Å²) in [5.74, 6) is -1.09. The third-order valence-corrected chi connectivity index (χ3v) is 4.47. The first-order chi connectivity index (χ1) is 10.1. The van der Waals surface area contributed by atoms with Crippen molar-refractivity contribution in [3.8, 4) is 0 Å². The zero-order valence-electron chi connectivity index (χ0n) is 11.9. The van der Waals surface area contributed by atoms with Gasteiger partial charge in [-0.1, -0.05) is 12.8 Å². The maximum Gasteiger partial charge on any atom is 0.338 e. The summed E-state index contributed by atoms with van der Waals surface area (Å²) in [4.78, 5) is 12.1. The van der Waals surface area contributed by atoms with Crippen LogP contribution in [-0.4, -0.2) is 24.3 Å². The van der Waals surface area contributed by atoms with E-state index in [1.165, 1.54) is 25.0 Å². The zero-order valence-corrected chi connectivity index (χ0v) is 11.9. The van der Waals surface area contributed by atoms with Gasteiger partial charge in [0.2, 0.25) is 0 Å². The van der Waals surface area contributed by atoms with E-state index in [4.69, 9.17) is 15.2 Å². The molecular formula is C16H20FNO3. The standard InChI is InChI=1S/C16H20FNO3/c17-13-9-11(3-4-14(13)18)15(19)21-12-5-8-20-16(10-12)6-1-2-7-16/h3-4,9,12H,1-2,5-8,10,18H2. The fraction of sp³-hybridized carbons (Fsp3) is 0.562. The average Bonchev–Trinajstić information content (AvgIpc) is 2.89. The number of nitrogen functional groups attached to an aromatic ring is 1. The van der Waals surface area contributed by atoms with E-state index < -0.39 is 11.8 Å². The molecule has 2 fully saturated rings. The van der Waals surface area contributed by atoms with Crippen molar-refractivity contribution < 1.29 is 18.7 Å². The van der Waals surface area contributed by atoms with Gasteiger partial charge in [0.05, 0.1) is 23.5 Å². The summed E-state index contributed by atoms with van der Waals surface area (Å²) in [5, 5.41) is 0. The maximum absolute atomic E-state index is 13.4. The van der Waals surface area contributed by atoms with Gasteiger partial charge in [-0.15, -0.1) is 0 Å². The van der Waals surface area contributed by atoms with Crippen LogP contribution < -0.4 is 5.73 Å². The summed E-state index contributed by atoms with van der Waals surface area (Å²) in [6, 6.07) is 4.00. The molecule has 4 nitrogen and oxygen atoms in total. The number of hydrogen-bond acceptors (Lipinski definition) is 4. The molecule has 1 heterocycles. The highest BCUT2D eigenvalue weighted by Gasteiger charge is 2.41. The Morgan fingerprint density at radius 2 is 2.14 bits per heavy atom. The molecule has 1 spiro atoms. The Hall–Kier alpha value is -1.62. The molecule has 1 aliphatic heterocycles. The van der Waals surface area contributed by atoms with Crippen molar-refractivity contribution in [2.24, 2.45) is 0 Å². The Morgan fingerprint density at radius 3 is 2.86 bits per heavy atom. The van der Waals surface area contributed by atoms with Gasteiger partial charge in [-0.05, 0) is 31.0 Å². The number of benzene rings is 1. The second-order valence-corrected chi connectivity index (χ2v) is 5.99. The highest BCUT2D eigenvalue weighted by molar-refractivity contribution is 5.90. The summed E-state index contributed by atoms with van der Waals surface area (Å²) in [6.45, 7) is 0.619. The van der Waals surface area contributed by atoms with E-state index >= 15 is 0 Å². The number of anilines is 1. The van der Waals surface area contributed by atoms with Crippen molar-refractivity contribution in [3.63, 3.8) is 0 Å². The molecule has 2 aliphatic rings. The minimum atomic E-state index is -0.594. The molecular weight excluding hydrogens is 273 g/mol. The van der Waals surface area contributed by atoms with Crippen LogP contribution in [0.25, 0.3) is 0 Å². The molecule has 1 aromatic carbocycles. The monoisotopic (exact) mass is 293 g/mol. The number of nitrogens with two attached hydrogens (primary N) is 1. The average molecular weight is 293 g/mol. The third-order valence-electron chi connectivity index (χ3n) is 4.47. The minimum Gasteiger partial charge on any atom is -0.459 e. The molecule has 21 heavy (non-hydrogen) atoms. The summed E-state index contributed by atoms with van der Waals surface area (Å²) < 4.78 is 24.8. The summed E-state index contributed by atoms with van der Waals surface area (Å²) in [5.41, 5.74) is 5.54. The van der Waals surface area contributed by atoms with E-state index in [1.54, 1.807) is 0 Å². The van der Waals surface area contributed by atoms with Crippen LogP contribution in [0.15, 0.2) is 18.2 Å². The van der Waals surface area contributed by atoms with Crippen molar-refractivity contribution in [1.82, 2.24) is 0 Å². The fourth-order valence-electron chi connectivity index (χ4n) is 3.32. The molecule has 1 saturated heterocycles. The van der Waals surface area contributed by atoms with E-state index in [0.717, 1.165) is 25.3 Å². The van der Waals surface area contributed by atoms with Gasteiger partial charge in [-0.25, -0.2) is 9.18 Å². The van der Waals surface area contributed by atoms with Crippen LogP contribution >= 0.6 is 0 Å². The van der Waals surface area contributed by atoms with E-state index in [1.807, 2.05) is 0 Å². The van der Waals surface area contributed by atoms with Crippen LogP contribution in [0.2, 0.25) is 0 Å². The molecule has 0 bridgehead atoms. The second kappa shape index (κ2) is 5.64. The zero-order chi connectivity index (χ0) is 14.9.